The normalized spacial score (nSPS) is 11.2. The topological polar surface area (TPSA) is 32.3 Å². The number of hydrogen-bond acceptors (Lipinski definition) is 2. The molecule has 0 amide bonds. The van der Waals surface area contributed by atoms with E-state index in [-0.39, 0.29) is 0 Å². The third-order valence-electron chi connectivity index (χ3n) is 1.78. The van der Waals surface area contributed by atoms with Crippen molar-refractivity contribution in [2.75, 3.05) is 25.6 Å². The van der Waals surface area contributed by atoms with E-state index in [1.54, 1.807) is 0 Å². The zero-order valence-corrected chi connectivity index (χ0v) is 8.89. The molecule has 0 saturated carbocycles. The summed E-state index contributed by atoms with van der Waals surface area (Å²) in [6.07, 6.45) is 8.45. The lowest BCUT2D eigenvalue weighted by molar-refractivity contribution is 0.282. The van der Waals surface area contributed by atoms with Crippen LogP contribution < -0.4 is 5.32 Å². The third-order valence-corrected chi connectivity index (χ3v) is 1.96. The first-order valence-corrected chi connectivity index (χ1v) is 5.47. The van der Waals surface area contributed by atoms with Gasteiger partial charge in [-0.3, -0.25) is 0 Å². The Balaban J connectivity index is 2.87. The minimum absolute atomic E-state index is 0.325. The Bertz CT molecular complexity index is 117. The van der Waals surface area contributed by atoms with Crippen molar-refractivity contribution in [1.29, 1.82) is 0 Å². The summed E-state index contributed by atoms with van der Waals surface area (Å²) in [5, 5.41) is 11.8. The van der Waals surface area contributed by atoms with Crippen LogP contribution in [0, 0.1) is 0 Å². The van der Waals surface area contributed by atoms with Gasteiger partial charge in [0.2, 0.25) is 0 Å². The Labute approximate surface area is 86.0 Å². The molecule has 0 saturated heterocycles. The Morgan fingerprint density at radius 3 is 2.54 bits per heavy atom. The van der Waals surface area contributed by atoms with Gasteiger partial charge in [0, 0.05) is 19.0 Å². The molecule has 0 spiro atoms. The predicted molar refractivity (Wildman–Crippen MR) is 58.3 cm³/mol. The van der Waals surface area contributed by atoms with Crippen LogP contribution in [0.5, 0.6) is 0 Å². The highest BCUT2D eigenvalue weighted by molar-refractivity contribution is 6.18. The van der Waals surface area contributed by atoms with Crippen LogP contribution in [0.25, 0.3) is 0 Å². The van der Waals surface area contributed by atoms with Crippen molar-refractivity contribution >= 4 is 11.6 Å². The van der Waals surface area contributed by atoms with Crippen LogP contribution in [0.2, 0.25) is 0 Å². The lowest BCUT2D eigenvalue weighted by Gasteiger charge is -2.00. The molecule has 2 nitrogen and oxygen atoms in total. The fourth-order valence-electron chi connectivity index (χ4n) is 1.05. The molecule has 0 bridgehead atoms. The average molecular weight is 206 g/mol. The average Bonchev–Trinajstić information content (AvgIpc) is 2.16. The molecule has 13 heavy (non-hydrogen) atoms. The van der Waals surface area contributed by atoms with Gasteiger partial charge < -0.3 is 10.4 Å². The van der Waals surface area contributed by atoms with Crippen LogP contribution in [-0.2, 0) is 0 Å². The van der Waals surface area contributed by atoms with E-state index < -0.39 is 0 Å². The number of nitrogens with one attached hydrogen (secondary N) is 1. The van der Waals surface area contributed by atoms with E-state index in [9.17, 15) is 0 Å². The summed E-state index contributed by atoms with van der Waals surface area (Å²) in [5.41, 5.74) is 0. The first kappa shape index (κ1) is 12.9. The lowest BCUT2D eigenvalue weighted by atomic mass is 10.2. The highest BCUT2D eigenvalue weighted by atomic mass is 35.5. The number of aliphatic hydroxyl groups excluding tert-OH is 1. The molecule has 0 aliphatic rings. The van der Waals surface area contributed by atoms with E-state index in [1.165, 1.54) is 12.8 Å². The van der Waals surface area contributed by atoms with Gasteiger partial charge in [-0.15, -0.1) is 11.6 Å². The Morgan fingerprint density at radius 1 is 1.08 bits per heavy atom. The molecular weight excluding hydrogens is 186 g/mol. The van der Waals surface area contributed by atoms with Gasteiger partial charge in [0.05, 0.1) is 0 Å². The van der Waals surface area contributed by atoms with Crippen LogP contribution >= 0.6 is 11.6 Å². The third kappa shape index (κ3) is 12.0. The first-order valence-electron chi connectivity index (χ1n) is 4.94. The molecule has 2 N–H and O–H groups in total. The van der Waals surface area contributed by atoms with Crippen molar-refractivity contribution in [3.05, 3.63) is 12.2 Å². The summed E-state index contributed by atoms with van der Waals surface area (Å²) in [6, 6.07) is 0. The smallest absolute Gasteiger partial charge is 0.0431 e. The highest BCUT2D eigenvalue weighted by Crippen LogP contribution is 1.97. The fourth-order valence-corrected chi connectivity index (χ4v) is 1.17. The number of allylic oxidation sites excluding steroid dienone is 1. The van der Waals surface area contributed by atoms with Gasteiger partial charge in [0.1, 0.15) is 0 Å². The van der Waals surface area contributed by atoms with Gasteiger partial charge >= 0.3 is 0 Å². The van der Waals surface area contributed by atoms with Crippen molar-refractivity contribution in [3.63, 3.8) is 0 Å². The molecule has 0 heterocycles. The number of hydrogen-bond donors (Lipinski definition) is 2. The maximum Gasteiger partial charge on any atom is 0.0431 e. The molecule has 0 aromatic carbocycles. The number of halogens is 1. The van der Waals surface area contributed by atoms with E-state index in [0.29, 0.717) is 12.5 Å². The molecule has 0 aliphatic heterocycles. The number of aliphatic hydroxyl groups is 1. The maximum absolute atomic E-state index is 8.53. The molecule has 3 heteroatoms. The van der Waals surface area contributed by atoms with Gasteiger partial charge in [0.25, 0.3) is 0 Å². The standard InChI is InChI=1S/C10H20ClNO/c11-7-3-5-9-12-8-4-1-2-6-10-13/h3,5,12-13H,1-2,4,6-10H2/b5-3+. The van der Waals surface area contributed by atoms with Gasteiger partial charge in [0.15, 0.2) is 0 Å². The molecule has 0 unspecified atom stereocenters. The molecule has 0 fully saturated rings. The SMILES string of the molecule is OCCCCCCNC/C=C/CCl. The Kier molecular flexibility index (Phi) is 11.9. The summed E-state index contributed by atoms with van der Waals surface area (Å²) in [5.74, 6) is 0.595. The van der Waals surface area contributed by atoms with Crippen LogP contribution in [0.15, 0.2) is 12.2 Å². The van der Waals surface area contributed by atoms with E-state index >= 15 is 0 Å². The molecule has 0 radical (unpaired) electrons. The second-order valence-electron chi connectivity index (χ2n) is 2.97. The van der Waals surface area contributed by atoms with Gasteiger partial charge in [-0.25, -0.2) is 0 Å². The van der Waals surface area contributed by atoms with Gasteiger partial charge in [-0.1, -0.05) is 25.0 Å². The minimum Gasteiger partial charge on any atom is -0.396 e. The molecule has 0 aliphatic carbocycles. The second kappa shape index (κ2) is 11.9. The van der Waals surface area contributed by atoms with E-state index in [2.05, 4.69) is 5.32 Å². The zero-order chi connectivity index (χ0) is 9.78. The van der Waals surface area contributed by atoms with Crippen molar-refractivity contribution in [2.24, 2.45) is 0 Å². The molecule has 0 aromatic rings. The highest BCUT2D eigenvalue weighted by Gasteiger charge is 1.87. The van der Waals surface area contributed by atoms with Crippen molar-refractivity contribution in [2.45, 2.75) is 25.7 Å². The minimum atomic E-state index is 0.325. The lowest BCUT2D eigenvalue weighted by Crippen LogP contribution is -2.14. The molecule has 0 aromatic heterocycles. The molecule has 0 rings (SSSR count). The number of rotatable bonds is 9. The van der Waals surface area contributed by atoms with Crippen molar-refractivity contribution < 1.29 is 5.11 Å². The number of unbranched alkanes of at least 4 members (excludes halogenated alkanes) is 3. The van der Waals surface area contributed by atoms with Crippen LogP contribution in [0.3, 0.4) is 0 Å². The summed E-state index contributed by atoms with van der Waals surface area (Å²) in [6.45, 7) is 2.29. The number of alkyl halides is 1. The van der Waals surface area contributed by atoms with Crippen molar-refractivity contribution in [3.8, 4) is 0 Å². The fraction of sp³-hybridized carbons (Fsp3) is 0.800. The van der Waals surface area contributed by atoms with E-state index in [4.69, 9.17) is 16.7 Å². The second-order valence-corrected chi connectivity index (χ2v) is 3.28. The van der Waals surface area contributed by atoms with Crippen LogP contribution in [0.4, 0.5) is 0 Å². The molecule has 78 valence electrons. The molecule has 0 atom stereocenters. The van der Waals surface area contributed by atoms with Gasteiger partial charge in [-0.05, 0) is 19.4 Å². The largest absolute Gasteiger partial charge is 0.396 e. The summed E-state index contributed by atoms with van der Waals surface area (Å²) >= 11 is 5.46. The zero-order valence-electron chi connectivity index (χ0n) is 8.14. The van der Waals surface area contributed by atoms with E-state index in [1.807, 2.05) is 12.2 Å². The maximum atomic E-state index is 8.53. The predicted octanol–water partition coefficient (Wildman–Crippen LogP) is 1.92. The summed E-state index contributed by atoms with van der Waals surface area (Å²) in [4.78, 5) is 0. The van der Waals surface area contributed by atoms with E-state index in [0.717, 1.165) is 25.9 Å². The van der Waals surface area contributed by atoms with Gasteiger partial charge in [-0.2, -0.15) is 0 Å². The molecular formula is C10H20ClNO. The van der Waals surface area contributed by atoms with Crippen LogP contribution in [-0.4, -0.2) is 30.7 Å². The van der Waals surface area contributed by atoms with Crippen molar-refractivity contribution in [1.82, 2.24) is 5.32 Å². The van der Waals surface area contributed by atoms with Crippen LogP contribution in [0.1, 0.15) is 25.7 Å². The Hall–Kier alpha value is -0.0500. The monoisotopic (exact) mass is 205 g/mol. The Morgan fingerprint density at radius 2 is 1.85 bits per heavy atom. The summed E-state index contributed by atoms with van der Waals surface area (Å²) in [7, 11) is 0. The first-order chi connectivity index (χ1) is 6.41. The summed E-state index contributed by atoms with van der Waals surface area (Å²) < 4.78 is 0. The quantitative estimate of drug-likeness (QED) is 0.343.